The van der Waals surface area contributed by atoms with Crippen LogP contribution in [0, 0.1) is 0 Å². The molecule has 6 nitrogen and oxygen atoms in total. The van der Waals surface area contributed by atoms with Crippen molar-refractivity contribution in [1.29, 1.82) is 0 Å². The molecule has 0 aromatic carbocycles. The fourth-order valence-corrected chi connectivity index (χ4v) is 2.21. The zero-order chi connectivity index (χ0) is 14.7. The normalized spacial score (nSPS) is 17.3. The van der Waals surface area contributed by atoms with E-state index in [4.69, 9.17) is 0 Å². The molecular weight excluding hydrogens is 236 g/mol. The summed E-state index contributed by atoms with van der Waals surface area (Å²) >= 11 is 0. The zero-order valence-corrected chi connectivity index (χ0v) is 12.3. The van der Waals surface area contributed by atoms with E-state index in [1.165, 1.54) is 5.01 Å². The molecular formula is C12H28N2O4. The van der Waals surface area contributed by atoms with E-state index in [0.717, 1.165) is 0 Å². The van der Waals surface area contributed by atoms with Gasteiger partial charge in [0.15, 0.2) is 0 Å². The summed E-state index contributed by atoms with van der Waals surface area (Å²) in [6.07, 6.45) is -1.29. The average Bonchev–Trinajstić information content (AvgIpc) is 1.93. The van der Waals surface area contributed by atoms with Gasteiger partial charge in [0, 0.05) is 13.1 Å². The first-order valence-electron chi connectivity index (χ1n) is 6.21. The molecule has 0 aliphatic carbocycles. The van der Waals surface area contributed by atoms with Crippen molar-refractivity contribution in [2.24, 2.45) is 0 Å². The van der Waals surface area contributed by atoms with Crippen LogP contribution >= 0.6 is 0 Å². The Balaban J connectivity index is 5.21. The van der Waals surface area contributed by atoms with Gasteiger partial charge in [-0.1, -0.05) is 0 Å². The predicted octanol–water partition coefficient (Wildman–Crippen LogP) is -0.276. The summed E-state index contributed by atoms with van der Waals surface area (Å²) in [6, 6.07) is 0. The Morgan fingerprint density at radius 2 is 1.11 bits per heavy atom. The molecule has 0 radical (unpaired) electrons. The highest BCUT2D eigenvalue weighted by atomic mass is 16.4. The minimum absolute atomic E-state index is 0.207. The van der Waals surface area contributed by atoms with E-state index >= 15 is 0 Å². The lowest BCUT2D eigenvalue weighted by Gasteiger charge is -2.49. The molecule has 18 heavy (non-hydrogen) atoms. The Labute approximate surface area is 109 Å². The SMILES string of the molecule is CC(O)CN(CC(C)O)N(C(C)(C)O)C(C)(C)O. The molecule has 110 valence electrons. The molecule has 0 aromatic heterocycles. The van der Waals surface area contributed by atoms with Gasteiger partial charge in [-0.25, -0.2) is 5.01 Å². The van der Waals surface area contributed by atoms with Crippen LogP contribution in [-0.2, 0) is 0 Å². The Morgan fingerprint density at radius 1 is 0.833 bits per heavy atom. The van der Waals surface area contributed by atoms with Crippen LogP contribution in [0.5, 0.6) is 0 Å². The maximum atomic E-state index is 10.2. The summed E-state index contributed by atoms with van der Waals surface area (Å²) in [5, 5.41) is 42.3. The molecule has 6 heteroatoms. The van der Waals surface area contributed by atoms with E-state index in [9.17, 15) is 20.4 Å². The van der Waals surface area contributed by atoms with Crippen molar-refractivity contribution < 1.29 is 20.4 Å². The van der Waals surface area contributed by atoms with Crippen LogP contribution in [0.25, 0.3) is 0 Å². The van der Waals surface area contributed by atoms with Gasteiger partial charge in [-0.2, -0.15) is 5.01 Å². The highest BCUT2D eigenvalue weighted by Crippen LogP contribution is 2.24. The molecule has 0 amide bonds. The van der Waals surface area contributed by atoms with Crippen molar-refractivity contribution in [3.63, 3.8) is 0 Å². The molecule has 0 aromatic rings. The van der Waals surface area contributed by atoms with Gasteiger partial charge in [0.1, 0.15) is 11.4 Å². The van der Waals surface area contributed by atoms with Gasteiger partial charge in [0.25, 0.3) is 0 Å². The Kier molecular flexibility index (Phi) is 6.19. The molecule has 4 N–H and O–H groups in total. The molecule has 0 fully saturated rings. The number of nitrogens with zero attached hydrogens (tertiary/aromatic N) is 2. The van der Waals surface area contributed by atoms with E-state index in [0.29, 0.717) is 0 Å². The first-order valence-corrected chi connectivity index (χ1v) is 6.21. The number of hydrazine groups is 1. The van der Waals surface area contributed by atoms with Gasteiger partial charge in [-0.05, 0) is 41.5 Å². The number of aliphatic hydroxyl groups is 4. The van der Waals surface area contributed by atoms with Crippen molar-refractivity contribution >= 4 is 0 Å². The van der Waals surface area contributed by atoms with Crippen LogP contribution in [0.4, 0.5) is 0 Å². The van der Waals surface area contributed by atoms with Crippen molar-refractivity contribution in [3.05, 3.63) is 0 Å². The quantitative estimate of drug-likeness (QED) is 0.374. The second kappa shape index (κ2) is 6.27. The summed E-state index contributed by atoms with van der Waals surface area (Å²) in [5.41, 5.74) is -2.63. The smallest absolute Gasteiger partial charge is 0.128 e. The third-order valence-electron chi connectivity index (χ3n) is 2.27. The molecule has 0 heterocycles. The standard InChI is InChI=1S/C12H28N2O4/c1-9(15)7-13(8-10(2)16)14(11(3,4)17)12(5,6)18/h9-10,15-18H,7-8H2,1-6H3. The van der Waals surface area contributed by atoms with Crippen molar-refractivity contribution in [2.45, 2.75) is 65.2 Å². The predicted molar refractivity (Wildman–Crippen MR) is 69.4 cm³/mol. The summed E-state index contributed by atoms with van der Waals surface area (Å²) in [5.74, 6) is 0. The molecule has 0 rings (SSSR count). The maximum absolute atomic E-state index is 10.2. The highest BCUT2D eigenvalue weighted by Gasteiger charge is 2.40. The van der Waals surface area contributed by atoms with Crippen LogP contribution in [0.1, 0.15) is 41.5 Å². The number of rotatable bonds is 7. The van der Waals surface area contributed by atoms with Crippen LogP contribution in [0.2, 0.25) is 0 Å². The van der Waals surface area contributed by atoms with E-state index in [1.54, 1.807) is 46.6 Å². The van der Waals surface area contributed by atoms with E-state index in [-0.39, 0.29) is 13.1 Å². The van der Waals surface area contributed by atoms with Gasteiger partial charge >= 0.3 is 0 Å². The Bertz CT molecular complexity index is 219. The molecule has 0 bridgehead atoms. The van der Waals surface area contributed by atoms with Crippen LogP contribution < -0.4 is 0 Å². The maximum Gasteiger partial charge on any atom is 0.128 e. The zero-order valence-electron chi connectivity index (χ0n) is 12.3. The van der Waals surface area contributed by atoms with Crippen LogP contribution in [0.3, 0.4) is 0 Å². The molecule has 2 unspecified atom stereocenters. The lowest BCUT2D eigenvalue weighted by atomic mass is 10.2. The number of aliphatic hydroxyl groups excluding tert-OH is 2. The van der Waals surface area contributed by atoms with E-state index in [2.05, 4.69) is 0 Å². The lowest BCUT2D eigenvalue weighted by Crippen LogP contribution is -2.65. The summed E-state index contributed by atoms with van der Waals surface area (Å²) < 4.78 is 0. The second-order valence-corrected chi connectivity index (χ2v) is 5.87. The number of hydrogen-bond acceptors (Lipinski definition) is 6. The van der Waals surface area contributed by atoms with Crippen LogP contribution in [0.15, 0.2) is 0 Å². The largest absolute Gasteiger partial charge is 0.392 e. The minimum atomic E-state index is -1.32. The van der Waals surface area contributed by atoms with E-state index < -0.39 is 23.7 Å². The molecule has 0 aliphatic rings. The number of hydrogen-bond donors (Lipinski definition) is 4. The van der Waals surface area contributed by atoms with Gasteiger partial charge in [0.2, 0.25) is 0 Å². The molecule has 0 aliphatic heterocycles. The highest BCUT2D eigenvalue weighted by molar-refractivity contribution is 4.78. The van der Waals surface area contributed by atoms with Gasteiger partial charge in [0.05, 0.1) is 12.2 Å². The first-order chi connectivity index (χ1) is 7.85. The monoisotopic (exact) mass is 264 g/mol. The van der Waals surface area contributed by atoms with Gasteiger partial charge < -0.3 is 20.4 Å². The van der Waals surface area contributed by atoms with Crippen molar-refractivity contribution in [3.8, 4) is 0 Å². The third-order valence-corrected chi connectivity index (χ3v) is 2.27. The molecule has 0 saturated heterocycles. The second-order valence-electron chi connectivity index (χ2n) is 5.87. The Morgan fingerprint density at radius 3 is 1.28 bits per heavy atom. The lowest BCUT2D eigenvalue weighted by molar-refractivity contribution is -0.301. The van der Waals surface area contributed by atoms with Gasteiger partial charge in [-0.3, -0.25) is 0 Å². The summed E-state index contributed by atoms with van der Waals surface area (Å²) in [7, 11) is 0. The van der Waals surface area contributed by atoms with E-state index in [1.807, 2.05) is 0 Å². The third kappa shape index (κ3) is 6.08. The van der Waals surface area contributed by atoms with Crippen LogP contribution in [-0.4, -0.2) is 67.2 Å². The molecule has 0 spiro atoms. The fraction of sp³-hybridized carbons (Fsp3) is 1.00. The first kappa shape index (κ1) is 17.8. The fourth-order valence-electron chi connectivity index (χ4n) is 2.21. The topological polar surface area (TPSA) is 87.4 Å². The molecule has 2 atom stereocenters. The van der Waals surface area contributed by atoms with Crippen molar-refractivity contribution in [2.75, 3.05) is 13.1 Å². The van der Waals surface area contributed by atoms with Crippen molar-refractivity contribution in [1.82, 2.24) is 10.0 Å². The summed E-state index contributed by atoms with van der Waals surface area (Å²) in [4.78, 5) is 0. The van der Waals surface area contributed by atoms with Gasteiger partial charge in [-0.15, -0.1) is 0 Å². The minimum Gasteiger partial charge on any atom is -0.392 e. The Hall–Kier alpha value is -0.240. The molecule has 0 saturated carbocycles. The summed E-state index contributed by atoms with van der Waals surface area (Å²) in [6.45, 7) is 9.82. The average molecular weight is 264 g/mol.